The van der Waals surface area contributed by atoms with Crippen molar-refractivity contribution in [1.82, 2.24) is 8.87 Å². The topological polar surface area (TPSA) is 106 Å². The Morgan fingerprint density at radius 2 is 1.74 bits per heavy atom. The summed E-state index contributed by atoms with van der Waals surface area (Å²) in [5.41, 5.74) is 0.673. The third-order valence-corrected chi connectivity index (χ3v) is 9.86. The number of nitrogens with zero attached hydrogens (tertiary/aromatic N) is 3. The van der Waals surface area contributed by atoms with E-state index in [2.05, 4.69) is 10.9 Å². The number of fused-ring (bicyclic) bond motifs is 1. The Morgan fingerprint density at radius 3 is 2.34 bits per heavy atom. The van der Waals surface area contributed by atoms with E-state index in [1.807, 2.05) is 0 Å². The summed E-state index contributed by atoms with van der Waals surface area (Å²) in [4.78, 5) is 17.8. The lowest BCUT2D eigenvalue weighted by molar-refractivity contribution is -0.122. The molecule has 4 rings (SSSR count). The van der Waals surface area contributed by atoms with E-state index in [4.69, 9.17) is 6.42 Å². The van der Waals surface area contributed by atoms with E-state index in [9.17, 15) is 26.0 Å². The Kier molecular flexibility index (Phi) is 6.97. The molecule has 2 heterocycles. The Labute approximate surface area is 206 Å². The maximum atomic E-state index is 13.2. The number of amides is 1. The predicted molar refractivity (Wildman–Crippen MR) is 130 cm³/mol. The normalized spacial score (nSPS) is 16.4. The van der Waals surface area contributed by atoms with E-state index in [1.165, 1.54) is 39.9 Å². The molecule has 0 atom stereocenters. The standard InChI is InChI=1S/C23H22FN3O5S3/c1-3-12-27-20-9-8-19(34(2,29)30)15-21(20)33-23(27)25-22(28)16-10-13-26(14-11-16)35(31,32)18-6-4-17(24)5-7-18/h1,4-9,15-16H,10-14H2,2H3. The number of aromatic nitrogens is 1. The van der Waals surface area contributed by atoms with Gasteiger partial charge < -0.3 is 4.57 Å². The number of halogens is 1. The van der Waals surface area contributed by atoms with Crippen LogP contribution in [0.25, 0.3) is 10.2 Å². The molecule has 0 saturated carbocycles. The van der Waals surface area contributed by atoms with Crippen molar-refractivity contribution in [2.45, 2.75) is 29.2 Å². The fourth-order valence-electron chi connectivity index (χ4n) is 3.90. The quantitative estimate of drug-likeness (QED) is 0.467. The highest BCUT2D eigenvalue weighted by atomic mass is 32.2. The number of piperidine rings is 1. The van der Waals surface area contributed by atoms with Gasteiger partial charge in [0, 0.05) is 25.3 Å². The number of hydrogen-bond donors (Lipinski definition) is 0. The van der Waals surface area contributed by atoms with Gasteiger partial charge in [-0.2, -0.15) is 9.30 Å². The van der Waals surface area contributed by atoms with Crippen LogP contribution < -0.4 is 4.80 Å². The molecule has 8 nitrogen and oxygen atoms in total. The van der Waals surface area contributed by atoms with Gasteiger partial charge in [-0.25, -0.2) is 21.2 Å². The molecule has 1 amide bonds. The molecule has 1 fully saturated rings. The monoisotopic (exact) mass is 535 g/mol. The first-order valence-electron chi connectivity index (χ1n) is 10.6. The van der Waals surface area contributed by atoms with E-state index in [1.54, 1.807) is 10.6 Å². The molecule has 184 valence electrons. The van der Waals surface area contributed by atoms with Crippen LogP contribution in [0, 0.1) is 24.1 Å². The molecular weight excluding hydrogens is 513 g/mol. The second-order valence-electron chi connectivity index (χ2n) is 8.16. The van der Waals surface area contributed by atoms with Crippen LogP contribution >= 0.6 is 11.3 Å². The van der Waals surface area contributed by atoms with Gasteiger partial charge in [0.15, 0.2) is 14.6 Å². The number of rotatable bonds is 5. The summed E-state index contributed by atoms with van der Waals surface area (Å²) in [6, 6.07) is 9.29. The zero-order chi connectivity index (χ0) is 25.4. The van der Waals surface area contributed by atoms with E-state index in [0.717, 1.165) is 18.4 Å². The average Bonchev–Trinajstić information content (AvgIpc) is 3.15. The van der Waals surface area contributed by atoms with Crippen LogP contribution in [-0.2, 0) is 31.2 Å². The molecule has 0 unspecified atom stereocenters. The lowest BCUT2D eigenvalue weighted by atomic mass is 9.98. The van der Waals surface area contributed by atoms with Crippen LogP contribution in [-0.4, -0.2) is 51.0 Å². The minimum atomic E-state index is -3.78. The largest absolute Gasteiger partial charge is 0.305 e. The molecule has 0 bridgehead atoms. The molecule has 1 aliphatic heterocycles. The molecule has 2 aromatic carbocycles. The smallest absolute Gasteiger partial charge is 0.251 e. The molecule has 0 N–H and O–H groups in total. The van der Waals surface area contributed by atoms with E-state index >= 15 is 0 Å². The van der Waals surface area contributed by atoms with E-state index < -0.39 is 31.6 Å². The maximum absolute atomic E-state index is 13.2. The molecule has 1 aliphatic rings. The van der Waals surface area contributed by atoms with Gasteiger partial charge in [0.2, 0.25) is 10.0 Å². The maximum Gasteiger partial charge on any atom is 0.251 e. The molecule has 3 aromatic rings. The number of hydrogen-bond acceptors (Lipinski definition) is 6. The van der Waals surface area contributed by atoms with Crippen LogP contribution in [0.4, 0.5) is 4.39 Å². The van der Waals surface area contributed by atoms with Crippen molar-refractivity contribution in [2.24, 2.45) is 10.9 Å². The van der Waals surface area contributed by atoms with Crippen molar-refractivity contribution in [3.8, 4) is 12.3 Å². The summed E-state index contributed by atoms with van der Waals surface area (Å²) in [6.07, 6.45) is 7.20. The first-order valence-corrected chi connectivity index (χ1v) is 14.8. The highest BCUT2D eigenvalue weighted by Gasteiger charge is 2.32. The molecule has 1 saturated heterocycles. The zero-order valence-electron chi connectivity index (χ0n) is 18.7. The van der Waals surface area contributed by atoms with Gasteiger partial charge in [0.05, 0.1) is 26.6 Å². The molecule has 12 heteroatoms. The molecule has 0 spiro atoms. The lowest BCUT2D eigenvalue weighted by Crippen LogP contribution is -2.40. The van der Waals surface area contributed by atoms with Gasteiger partial charge in [-0.15, -0.1) is 6.42 Å². The van der Waals surface area contributed by atoms with Crippen LogP contribution in [0.3, 0.4) is 0 Å². The second-order valence-corrected chi connectivity index (χ2v) is 13.1. The fraction of sp³-hybridized carbons (Fsp3) is 0.304. The number of thiazole rings is 1. The van der Waals surface area contributed by atoms with Crippen molar-refractivity contribution >= 4 is 47.3 Å². The first kappa shape index (κ1) is 25.2. The summed E-state index contributed by atoms with van der Waals surface area (Å²) >= 11 is 1.17. The number of carbonyl (C=O) groups is 1. The van der Waals surface area contributed by atoms with Crippen LogP contribution in [0.5, 0.6) is 0 Å². The van der Waals surface area contributed by atoms with Gasteiger partial charge in [-0.3, -0.25) is 4.79 Å². The molecular formula is C23H22FN3O5S3. The Balaban J connectivity index is 1.57. The number of benzene rings is 2. The SMILES string of the molecule is C#CCn1c(=NC(=O)C2CCN(S(=O)(=O)c3ccc(F)cc3)CC2)sc2cc(S(C)(=O)=O)ccc21. The molecule has 1 aromatic heterocycles. The lowest BCUT2D eigenvalue weighted by Gasteiger charge is -2.29. The third kappa shape index (κ3) is 5.23. The van der Waals surface area contributed by atoms with Gasteiger partial charge >= 0.3 is 0 Å². The Bertz CT molecular complexity index is 1610. The van der Waals surface area contributed by atoms with Crippen molar-refractivity contribution in [2.75, 3.05) is 19.3 Å². The highest BCUT2D eigenvalue weighted by molar-refractivity contribution is 7.90. The summed E-state index contributed by atoms with van der Waals surface area (Å²) in [7, 11) is -7.19. The van der Waals surface area contributed by atoms with Gasteiger partial charge in [-0.05, 0) is 55.3 Å². The highest BCUT2D eigenvalue weighted by Crippen LogP contribution is 2.26. The Morgan fingerprint density at radius 1 is 1.11 bits per heavy atom. The zero-order valence-corrected chi connectivity index (χ0v) is 21.2. The third-order valence-electron chi connectivity index (χ3n) is 5.79. The fourth-order valence-corrected chi connectivity index (χ4v) is 7.16. The number of carbonyl (C=O) groups excluding carboxylic acids is 1. The van der Waals surface area contributed by atoms with E-state index in [-0.39, 0.29) is 35.3 Å². The summed E-state index contributed by atoms with van der Waals surface area (Å²) in [6.45, 7) is 0.430. The van der Waals surface area contributed by atoms with Crippen LogP contribution in [0.1, 0.15) is 12.8 Å². The number of terminal acetylenes is 1. The number of sulfonamides is 1. The van der Waals surface area contributed by atoms with Crippen molar-refractivity contribution in [1.29, 1.82) is 0 Å². The van der Waals surface area contributed by atoms with Crippen molar-refractivity contribution in [3.63, 3.8) is 0 Å². The minimum absolute atomic E-state index is 0.00225. The predicted octanol–water partition coefficient (Wildman–Crippen LogP) is 2.41. The van der Waals surface area contributed by atoms with Crippen molar-refractivity contribution in [3.05, 3.63) is 53.1 Å². The second kappa shape index (κ2) is 9.66. The van der Waals surface area contributed by atoms with Gasteiger partial charge in [-0.1, -0.05) is 17.3 Å². The van der Waals surface area contributed by atoms with Gasteiger partial charge in [0.1, 0.15) is 5.82 Å². The Hall–Kier alpha value is -2.85. The van der Waals surface area contributed by atoms with Crippen molar-refractivity contribution < 1.29 is 26.0 Å². The number of sulfone groups is 1. The molecule has 35 heavy (non-hydrogen) atoms. The van der Waals surface area contributed by atoms with Gasteiger partial charge in [0.25, 0.3) is 5.91 Å². The molecule has 0 aliphatic carbocycles. The first-order chi connectivity index (χ1) is 16.5. The van der Waals surface area contributed by atoms with Crippen LogP contribution in [0.2, 0.25) is 0 Å². The average molecular weight is 536 g/mol. The summed E-state index contributed by atoms with van der Waals surface area (Å²) < 4.78 is 66.2. The van der Waals surface area contributed by atoms with Crippen LogP contribution in [0.15, 0.2) is 57.2 Å². The van der Waals surface area contributed by atoms with E-state index in [0.29, 0.717) is 27.9 Å². The molecule has 0 radical (unpaired) electrons. The minimum Gasteiger partial charge on any atom is -0.305 e. The summed E-state index contributed by atoms with van der Waals surface area (Å²) in [5.74, 6) is 1.15. The summed E-state index contributed by atoms with van der Waals surface area (Å²) in [5, 5.41) is 0.